The number of amides is 2. The van der Waals surface area contributed by atoms with Crippen LogP contribution in [0.2, 0.25) is 0 Å². The van der Waals surface area contributed by atoms with Gasteiger partial charge in [0.25, 0.3) is 5.91 Å². The average Bonchev–Trinajstić information content (AvgIpc) is 3.40. The number of rotatable bonds is 5. The van der Waals surface area contributed by atoms with E-state index in [1.807, 2.05) is 37.3 Å². The minimum absolute atomic E-state index is 0.0365. The first-order chi connectivity index (χ1) is 14.8. The summed E-state index contributed by atoms with van der Waals surface area (Å²) >= 11 is 0. The quantitative estimate of drug-likeness (QED) is 0.331. The normalized spacial score (nSPS) is 24.4. The molecule has 0 radical (unpaired) electrons. The molecule has 4 atom stereocenters. The Bertz CT molecular complexity index is 1060. The van der Waals surface area contributed by atoms with Gasteiger partial charge in [-0.15, -0.1) is 0 Å². The van der Waals surface area contributed by atoms with Crippen molar-refractivity contribution in [1.82, 2.24) is 10.3 Å². The molecule has 0 spiro atoms. The molecule has 162 valence electrons. The molecule has 2 aromatic rings. The van der Waals surface area contributed by atoms with Gasteiger partial charge in [-0.3, -0.25) is 9.59 Å². The van der Waals surface area contributed by atoms with E-state index in [2.05, 4.69) is 10.6 Å². The maximum Gasteiger partial charge on any atom is 0.269 e. The molecule has 0 saturated heterocycles. The van der Waals surface area contributed by atoms with Crippen LogP contribution in [0.3, 0.4) is 0 Å². The first-order valence-electron chi connectivity index (χ1n) is 9.89. The number of hydrogen-bond donors (Lipinski definition) is 4. The molecule has 1 aliphatic heterocycles. The van der Waals surface area contributed by atoms with Gasteiger partial charge in [0.2, 0.25) is 5.91 Å². The van der Waals surface area contributed by atoms with Gasteiger partial charge in [-0.2, -0.15) is 0 Å². The number of fused-ring (bicyclic) bond motifs is 3. The van der Waals surface area contributed by atoms with E-state index < -0.39 is 29.5 Å². The molecule has 31 heavy (non-hydrogen) atoms. The summed E-state index contributed by atoms with van der Waals surface area (Å²) in [5, 5.41) is 6.37. The minimum Gasteiger partial charge on any atom is -0.393 e. The van der Waals surface area contributed by atoms with Gasteiger partial charge in [-0.25, -0.2) is 14.6 Å². The summed E-state index contributed by atoms with van der Waals surface area (Å²) in [7, 11) is 0. The van der Waals surface area contributed by atoms with E-state index >= 15 is 0 Å². The van der Waals surface area contributed by atoms with Crippen molar-refractivity contribution in [2.24, 2.45) is 23.4 Å². The lowest BCUT2D eigenvalue weighted by Gasteiger charge is -2.19. The van der Waals surface area contributed by atoms with Crippen LogP contribution in [0.15, 0.2) is 54.4 Å². The lowest BCUT2D eigenvalue weighted by Crippen LogP contribution is -2.47. The van der Waals surface area contributed by atoms with E-state index in [0.717, 1.165) is 11.6 Å². The Hall–Kier alpha value is -3.46. The zero-order valence-corrected chi connectivity index (χ0v) is 16.8. The van der Waals surface area contributed by atoms with E-state index in [1.54, 1.807) is 0 Å². The van der Waals surface area contributed by atoms with E-state index in [4.69, 9.17) is 11.6 Å². The van der Waals surface area contributed by atoms with E-state index in [-0.39, 0.29) is 29.1 Å². The van der Waals surface area contributed by atoms with Crippen LogP contribution >= 0.6 is 0 Å². The Morgan fingerprint density at radius 3 is 2.68 bits per heavy atom. The first kappa shape index (κ1) is 20.8. The highest BCUT2D eigenvalue weighted by Crippen LogP contribution is 2.59. The largest absolute Gasteiger partial charge is 0.393 e. The Morgan fingerprint density at radius 2 is 1.97 bits per heavy atom. The standard InChI is InChI=1S/C22H23F2N5O2/c1-11-17-14-7-13(23)8-15(24)19(14)27-22(31)20(18(11)17)28-21(30)16(25)10-29(26)9-12-5-3-2-4-6-12/h2-8,10-11,17-18,20H,9,25-26H2,1H3,(H,27,31)(H,28,30)/b16-10-. The fraction of sp³-hybridized carbons (Fsp3) is 0.273. The zero-order chi connectivity index (χ0) is 22.3. The minimum atomic E-state index is -0.936. The van der Waals surface area contributed by atoms with E-state index in [1.165, 1.54) is 17.3 Å². The van der Waals surface area contributed by atoms with Crippen LogP contribution in [-0.4, -0.2) is 22.9 Å². The van der Waals surface area contributed by atoms with Crippen molar-refractivity contribution in [1.29, 1.82) is 0 Å². The number of hydrazine groups is 1. The summed E-state index contributed by atoms with van der Waals surface area (Å²) in [5.41, 5.74) is 7.00. The summed E-state index contributed by atoms with van der Waals surface area (Å²) in [6, 6.07) is 10.4. The first-order valence-corrected chi connectivity index (χ1v) is 9.89. The SMILES string of the molecule is CC1C2c3cc(F)cc(F)c3NC(=O)C(NC(=O)/C(N)=C/N(N)Cc3ccccc3)C12. The Kier molecular flexibility index (Phi) is 5.36. The number of nitrogens with one attached hydrogen (secondary N) is 2. The third-order valence-electron chi connectivity index (χ3n) is 5.87. The van der Waals surface area contributed by atoms with Gasteiger partial charge in [-0.05, 0) is 34.9 Å². The number of anilines is 1. The molecule has 2 aromatic carbocycles. The molecule has 6 N–H and O–H groups in total. The van der Waals surface area contributed by atoms with Gasteiger partial charge in [0.1, 0.15) is 23.4 Å². The van der Waals surface area contributed by atoms with Crippen molar-refractivity contribution >= 4 is 17.5 Å². The van der Waals surface area contributed by atoms with Crippen LogP contribution in [-0.2, 0) is 16.1 Å². The Morgan fingerprint density at radius 1 is 1.26 bits per heavy atom. The molecule has 2 aliphatic rings. The Balaban J connectivity index is 1.48. The molecule has 1 saturated carbocycles. The summed E-state index contributed by atoms with van der Waals surface area (Å²) in [4.78, 5) is 25.4. The highest BCUT2D eigenvalue weighted by atomic mass is 19.1. The van der Waals surface area contributed by atoms with E-state index in [0.29, 0.717) is 12.1 Å². The number of nitrogens with two attached hydrogens (primary N) is 2. The van der Waals surface area contributed by atoms with Gasteiger partial charge in [0.15, 0.2) is 0 Å². The molecule has 7 nitrogen and oxygen atoms in total. The van der Waals surface area contributed by atoms with Crippen molar-refractivity contribution in [3.63, 3.8) is 0 Å². The summed E-state index contributed by atoms with van der Waals surface area (Å²) in [5.74, 6) is 2.55. The maximum atomic E-state index is 14.3. The molecule has 4 rings (SSSR count). The maximum absolute atomic E-state index is 14.3. The third kappa shape index (κ3) is 4.09. The van der Waals surface area contributed by atoms with Crippen molar-refractivity contribution < 1.29 is 18.4 Å². The number of nitrogens with zero attached hydrogens (tertiary/aromatic N) is 1. The van der Waals surface area contributed by atoms with Crippen LogP contribution in [0.4, 0.5) is 14.5 Å². The number of benzene rings is 2. The lowest BCUT2D eigenvalue weighted by molar-refractivity contribution is -0.124. The molecule has 2 amide bonds. The predicted octanol–water partition coefficient (Wildman–Crippen LogP) is 1.93. The second-order valence-electron chi connectivity index (χ2n) is 8.00. The van der Waals surface area contributed by atoms with Gasteiger partial charge in [0, 0.05) is 12.3 Å². The summed E-state index contributed by atoms with van der Waals surface area (Å²) in [6.45, 7) is 2.21. The van der Waals surface area contributed by atoms with Crippen LogP contribution in [0.5, 0.6) is 0 Å². The van der Waals surface area contributed by atoms with Gasteiger partial charge in [0.05, 0.1) is 12.2 Å². The van der Waals surface area contributed by atoms with Crippen LogP contribution in [0, 0.1) is 23.5 Å². The molecule has 4 unspecified atom stereocenters. The fourth-order valence-electron chi connectivity index (χ4n) is 4.32. The van der Waals surface area contributed by atoms with Crippen LogP contribution in [0.1, 0.15) is 24.0 Å². The van der Waals surface area contributed by atoms with Crippen molar-refractivity contribution in [2.75, 3.05) is 5.32 Å². The van der Waals surface area contributed by atoms with Crippen molar-refractivity contribution in [2.45, 2.75) is 25.4 Å². The monoisotopic (exact) mass is 427 g/mol. The zero-order valence-electron chi connectivity index (χ0n) is 16.8. The third-order valence-corrected chi connectivity index (χ3v) is 5.87. The predicted molar refractivity (Wildman–Crippen MR) is 111 cm³/mol. The summed E-state index contributed by atoms with van der Waals surface area (Å²) < 4.78 is 28.0. The molecule has 0 bridgehead atoms. The topological polar surface area (TPSA) is 113 Å². The van der Waals surface area contributed by atoms with Crippen LogP contribution < -0.4 is 22.2 Å². The Labute approximate surface area is 178 Å². The van der Waals surface area contributed by atoms with Crippen LogP contribution in [0.25, 0.3) is 0 Å². The smallest absolute Gasteiger partial charge is 0.269 e. The highest BCUT2D eigenvalue weighted by Gasteiger charge is 2.57. The molecular weight excluding hydrogens is 404 g/mol. The highest BCUT2D eigenvalue weighted by molar-refractivity contribution is 6.02. The molecule has 9 heteroatoms. The average molecular weight is 427 g/mol. The number of halogens is 2. The summed E-state index contributed by atoms with van der Waals surface area (Å²) in [6.07, 6.45) is 1.29. The number of carbonyl (C=O) groups is 2. The second kappa shape index (κ2) is 7.99. The molecule has 1 heterocycles. The van der Waals surface area contributed by atoms with Gasteiger partial charge in [-0.1, -0.05) is 37.3 Å². The van der Waals surface area contributed by atoms with Gasteiger partial charge < -0.3 is 21.4 Å². The molecule has 1 aliphatic carbocycles. The fourth-order valence-corrected chi connectivity index (χ4v) is 4.32. The van der Waals surface area contributed by atoms with Crippen molar-refractivity contribution in [3.05, 3.63) is 77.1 Å². The lowest BCUT2D eigenvalue weighted by atomic mass is 10.0. The number of carbonyl (C=O) groups excluding carboxylic acids is 2. The second-order valence-corrected chi connectivity index (χ2v) is 8.00. The molecular formula is C22H23F2N5O2. The molecule has 0 aromatic heterocycles. The number of hydrogen-bond acceptors (Lipinski definition) is 5. The van der Waals surface area contributed by atoms with E-state index in [9.17, 15) is 18.4 Å². The molecule has 1 fully saturated rings. The van der Waals surface area contributed by atoms with Crippen molar-refractivity contribution in [3.8, 4) is 0 Å². The van der Waals surface area contributed by atoms with Gasteiger partial charge >= 0.3 is 0 Å².